The number of carboxylic acids is 1. The van der Waals surface area contributed by atoms with E-state index in [0.29, 0.717) is 0 Å². The van der Waals surface area contributed by atoms with Gasteiger partial charge in [-0.05, 0) is 13.0 Å². The van der Waals surface area contributed by atoms with Crippen LogP contribution in [0.1, 0.15) is 12.8 Å². The zero-order valence-electron chi connectivity index (χ0n) is 6.16. The number of halogens is 1. The first-order chi connectivity index (χ1) is 5.07. The maximum atomic E-state index is 12.6. The number of nitrogens with two attached hydrogens (primary N) is 2. The molecule has 0 saturated carbocycles. The van der Waals surface area contributed by atoms with E-state index in [9.17, 15) is 9.18 Å². The minimum Gasteiger partial charge on any atom is -0.480 e. The van der Waals surface area contributed by atoms with Crippen LogP contribution in [0.2, 0.25) is 0 Å². The maximum absolute atomic E-state index is 12.6. The number of alkyl halides is 1. The van der Waals surface area contributed by atoms with E-state index in [1.54, 1.807) is 0 Å². The van der Waals surface area contributed by atoms with Gasteiger partial charge in [0.2, 0.25) is 0 Å². The van der Waals surface area contributed by atoms with Gasteiger partial charge in [-0.15, -0.1) is 0 Å². The Bertz CT molecular complexity index is 132. The molecule has 0 aliphatic rings. The summed E-state index contributed by atoms with van der Waals surface area (Å²) in [5.74, 6) is -1.18. The maximum Gasteiger partial charge on any atom is 0.320 e. The fourth-order valence-corrected chi connectivity index (χ4v) is 0.675. The second-order valence-electron chi connectivity index (χ2n) is 2.36. The lowest BCUT2D eigenvalue weighted by molar-refractivity contribution is -0.139. The molecule has 0 radical (unpaired) electrons. The van der Waals surface area contributed by atoms with Crippen molar-refractivity contribution in [1.29, 1.82) is 0 Å². The molecule has 0 amide bonds. The van der Waals surface area contributed by atoms with Crippen molar-refractivity contribution in [3.8, 4) is 0 Å². The molecule has 0 fully saturated rings. The van der Waals surface area contributed by atoms with Crippen molar-refractivity contribution in [3.05, 3.63) is 0 Å². The highest BCUT2D eigenvalue weighted by molar-refractivity contribution is 5.73. The Morgan fingerprint density at radius 2 is 2.18 bits per heavy atom. The number of aliphatic carboxylic acids is 1. The van der Waals surface area contributed by atoms with Gasteiger partial charge in [0.15, 0.2) is 0 Å². The number of rotatable bonds is 5. The summed E-state index contributed by atoms with van der Waals surface area (Å²) in [5, 5.41) is 8.28. The second-order valence-corrected chi connectivity index (χ2v) is 2.36. The number of hydrogen-bond donors (Lipinski definition) is 3. The average molecular weight is 164 g/mol. The van der Waals surface area contributed by atoms with E-state index in [2.05, 4.69) is 0 Å². The highest BCUT2D eigenvalue weighted by atomic mass is 19.1. The Balaban J connectivity index is 3.56. The molecule has 2 atom stereocenters. The first kappa shape index (κ1) is 10.3. The van der Waals surface area contributed by atoms with Crippen LogP contribution in [-0.4, -0.2) is 29.8 Å². The quantitative estimate of drug-likeness (QED) is 0.509. The van der Waals surface area contributed by atoms with E-state index in [1.807, 2.05) is 0 Å². The Kier molecular flexibility index (Phi) is 4.72. The monoisotopic (exact) mass is 164 g/mol. The molecule has 0 aromatic heterocycles. The smallest absolute Gasteiger partial charge is 0.320 e. The predicted octanol–water partition coefficient (Wildman–Crippen LogP) is -0.525. The molecule has 5 heteroatoms. The molecule has 0 bridgehead atoms. The summed E-state index contributed by atoms with van der Waals surface area (Å²) in [7, 11) is 0. The van der Waals surface area contributed by atoms with E-state index in [1.165, 1.54) is 0 Å². The van der Waals surface area contributed by atoms with Gasteiger partial charge in [0.05, 0.1) is 0 Å². The predicted molar refractivity (Wildman–Crippen MR) is 38.8 cm³/mol. The van der Waals surface area contributed by atoms with Gasteiger partial charge in [0, 0.05) is 6.42 Å². The minimum atomic E-state index is -1.20. The minimum absolute atomic E-state index is 0.160. The van der Waals surface area contributed by atoms with Crippen LogP contribution < -0.4 is 11.5 Å². The summed E-state index contributed by atoms with van der Waals surface area (Å²) in [6.45, 7) is 0.216. The van der Waals surface area contributed by atoms with Gasteiger partial charge in [-0.25, -0.2) is 4.39 Å². The van der Waals surface area contributed by atoms with Crippen LogP contribution in [0, 0.1) is 0 Å². The zero-order valence-corrected chi connectivity index (χ0v) is 6.16. The van der Waals surface area contributed by atoms with Crippen molar-refractivity contribution in [2.75, 3.05) is 6.54 Å². The van der Waals surface area contributed by atoms with E-state index >= 15 is 0 Å². The summed E-state index contributed by atoms with van der Waals surface area (Å²) in [6.07, 6.45) is -1.20. The Hall–Kier alpha value is -0.680. The van der Waals surface area contributed by atoms with Crippen molar-refractivity contribution < 1.29 is 14.3 Å². The lowest BCUT2D eigenvalue weighted by atomic mass is 10.1. The molecule has 11 heavy (non-hydrogen) atoms. The van der Waals surface area contributed by atoms with E-state index in [0.717, 1.165) is 0 Å². The third-order valence-electron chi connectivity index (χ3n) is 1.31. The fourth-order valence-electron chi connectivity index (χ4n) is 0.675. The molecule has 0 aliphatic carbocycles. The molecule has 5 N–H and O–H groups in total. The van der Waals surface area contributed by atoms with Gasteiger partial charge in [0.25, 0.3) is 0 Å². The molecular weight excluding hydrogens is 151 g/mol. The molecular formula is C6H13FN2O2. The van der Waals surface area contributed by atoms with Crippen LogP contribution >= 0.6 is 0 Å². The van der Waals surface area contributed by atoms with Crippen molar-refractivity contribution in [2.45, 2.75) is 25.1 Å². The molecule has 0 aliphatic heterocycles. The van der Waals surface area contributed by atoms with Crippen molar-refractivity contribution in [1.82, 2.24) is 0 Å². The molecule has 0 saturated heterocycles. The van der Waals surface area contributed by atoms with Crippen molar-refractivity contribution >= 4 is 5.97 Å². The molecule has 0 spiro atoms. The van der Waals surface area contributed by atoms with Crippen LogP contribution in [0.3, 0.4) is 0 Å². The first-order valence-electron chi connectivity index (χ1n) is 3.40. The summed E-state index contributed by atoms with van der Waals surface area (Å²) in [4.78, 5) is 10.1. The van der Waals surface area contributed by atoms with Gasteiger partial charge < -0.3 is 16.6 Å². The summed E-state index contributed by atoms with van der Waals surface area (Å²) in [5.41, 5.74) is 10.1. The van der Waals surface area contributed by atoms with Crippen molar-refractivity contribution in [3.63, 3.8) is 0 Å². The molecule has 0 rings (SSSR count). The summed E-state index contributed by atoms with van der Waals surface area (Å²) >= 11 is 0. The van der Waals surface area contributed by atoms with Gasteiger partial charge in [-0.2, -0.15) is 0 Å². The van der Waals surface area contributed by atoms with Crippen LogP contribution in [0.15, 0.2) is 0 Å². The molecule has 4 nitrogen and oxygen atoms in total. The molecule has 66 valence electrons. The standard InChI is InChI=1S/C6H13FN2O2/c7-4(1-2-8)3-5(9)6(10)11/h4-5H,1-3,8-9H2,(H,10,11)/t4?,5-/m0/s1. The highest BCUT2D eigenvalue weighted by Gasteiger charge is 2.17. The van der Waals surface area contributed by atoms with Gasteiger partial charge in [-0.1, -0.05) is 0 Å². The Morgan fingerprint density at radius 3 is 2.55 bits per heavy atom. The highest BCUT2D eigenvalue weighted by Crippen LogP contribution is 2.04. The van der Waals surface area contributed by atoms with Crippen LogP contribution in [0.25, 0.3) is 0 Å². The van der Waals surface area contributed by atoms with Gasteiger partial charge in [-0.3, -0.25) is 4.79 Å². The average Bonchev–Trinajstić information content (AvgIpc) is 1.87. The number of hydrogen-bond acceptors (Lipinski definition) is 3. The third-order valence-corrected chi connectivity index (χ3v) is 1.31. The Morgan fingerprint density at radius 1 is 1.64 bits per heavy atom. The topological polar surface area (TPSA) is 89.3 Å². The molecule has 0 heterocycles. The zero-order chi connectivity index (χ0) is 8.85. The van der Waals surface area contributed by atoms with E-state index < -0.39 is 18.2 Å². The molecule has 0 aromatic rings. The lowest BCUT2D eigenvalue weighted by Crippen LogP contribution is -2.33. The second kappa shape index (κ2) is 5.03. The van der Waals surface area contributed by atoms with E-state index in [-0.39, 0.29) is 19.4 Å². The number of carbonyl (C=O) groups is 1. The van der Waals surface area contributed by atoms with Crippen LogP contribution in [0.5, 0.6) is 0 Å². The SMILES string of the molecule is NCCC(F)C[C@H](N)C(=O)O. The van der Waals surface area contributed by atoms with Crippen LogP contribution in [0.4, 0.5) is 4.39 Å². The Labute approximate surface area is 64.4 Å². The van der Waals surface area contributed by atoms with Crippen LogP contribution in [-0.2, 0) is 4.79 Å². The largest absolute Gasteiger partial charge is 0.480 e. The van der Waals surface area contributed by atoms with E-state index in [4.69, 9.17) is 16.6 Å². The summed E-state index contributed by atoms with van der Waals surface area (Å²) in [6, 6.07) is -1.11. The lowest BCUT2D eigenvalue weighted by Gasteiger charge is -2.09. The number of carboxylic acid groups (broad SMARTS) is 1. The van der Waals surface area contributed by atoms with Gasteiger partial charge in [0.1, 0.15) is 12.2 Å². The van der Waals surface area contributed by atoms with Crippen molar-refractivity contribution in [2.24, 2.45) is 11.5 Å². The van der Waals surface area contributed by atoms with Gasteiger partial charge >= 0.3 is 5.97 Å². The normalized spacial score (nSPS) is 15.9. The fraction of sp³-hybridized carbons (Fsp3) is 0.833. The first-order valence-corrected chi connectivity index (χ1v) is 3.40. The third kappa shape index (κ3) is 4.69. The summed E-state index contributed by atoms with van der Waals surface area (Å²) < 4.78 is 12.6. The molecule has 1 unspecified atom stereocenters. The molecule has 0 aromatic carbocycles.